The van der Waals surface area contributed by atoms with Gasteiger partial charge in [-0.2, -0.15) is 0 Å². The van der Waals surface area contributed by atoms with Crippen molar-refractivity contribution >= 4 is 17.6 Å². The molecule has 0 unspecified atom stereocenters. The third-order valence-corrected chi connectivity index (χ3v) is 5.52. The molecule has 0 aliphatic carbocycles. The van der Waals surface area contributed by atoms with Crippen LogP contribution in [0, 0.1) is 0 Å². The fourth-order valence-corrected chi connectivity index (χ4v) is 3.68. The van der Waals surface area contributed by atoms with Crippen LogP contribution in [0.2, 0.25) is 0 Å². The molecule has 0 bridgehead atoms. The number of rotatable bonds is 11. The number of esters is 1. The number of aryl methyl sites for hydroxylation is 1. The fourth-order valence-electron chi connectivity index (χ4n) is 3.68. The monoisotopic (exact) mass is 462 g/mol. The molecule has 3 rings (SSSR count). The third-order valence-electron chi connectivity index (χ3n) is 5.52. The van der Waals surface area contributed by atoms with E-state index in [0.29, 0.717) is 11.3 Å². The van der Waals surface area contributed by atoms with E-state index in [-0.39, 0.29) is 18.0 Å². The van der Waals surface area contributed by atoms with E-state index in [1.165, 1.54) is 35.6 Å². The van der Waals surface area contributed by atoms with Crippen LogP contribution in [-0.4, -0.2) is 35.1 Å². The lowest BCUT2D eigenvalue weighted by Gasteiger charge is -2.12. The average Bonchev–Trinajstić information content (AvgIpc) is 2.86. The summed E-state index contributed by atoms with van der Waals surface area (Å²) in [6.07, 6.45) is 10.3. The van der Waals surface area contributed by atoms with Crippen LogP contribution < -0.4 is 16.6 Å². The number of hydrogen-bond acceptors (Lipinski definition) is 6. The van der Waals surface area contributed by atoms with Crippen molar-refractivity contribution in [3.8, 4) is 11.1 Å². The van der Waals surface area contributed by atoms with E-state index in [9.17, 15) is 14.4 Å². The number of nitrogens with two attached hydrogens (primary N) is 1. The number of hydrogen-bond donors (Lipinski definition) is 2. The van der Waals surface area contributed by atoms with Gasteiger partial charge in [-0.3, -0.25) is 19.4 Å². The molecule has 34 heavy (non-hydrogen) atoms. The molecular formula is C26H30N4O4. The Bertz CT molecular complexity index is 1190. The molecule has 0 aliphatic heterocycles. The molecule has 0 atom stereocenters. The van der Waals surface area contributed by atoms with E-state index in [0.717, 1.165) is 49.8 Å². The van der Waals surface area contributed by atoms with Crippen LogP contribution in [-0.2, 0) is 22.5 Å². The predicted octanol–water partition coefficient (Wildman–Crippen LogP) is 3.40. The second kappa shape index (κ2) is 12.5. The summed E-state index contributed by atoms with van der Waals surface area (Å²) in [7, 11) is 1.25. The number of carbonyl (C=O) groups excluding carboxylic acids is 2. The van der Waals surface area contributed by atoms with Crippen molar-refractivity contribution in [2.75, 3.05) is 19.0 Å². The lowest BCUT2D eigenvalue weighted by atomic mass is 9.96. The van der Waals surface area contributed by atoms with E-state index >= 15 is 0 Å². The Hall–Kier alpha value is -3.78. The largest absolute Gasteiger partial charge is 0.468 e. The second-order valence-electron chi connectivity index (χ2n) is 7.98. The third kappa shape index (κ3) is 6.86. The summed E-state index contributed by atoms with van der Waals surface area (Å²) in [5.41, 5.74) is 9.19. The summed E-state index contributed by atoms with van der Waals surface area (Å²) in [5.74, 6) is -0.873. The zero-order valence-corrected chi connectivity index (χ0v) is 19.3. The van der Waals surface area contributed by atoms with Crippen LogP contribution in [0.5, 0.6) is 0 Å². The van der Waals surface area contributed by atoms with Gasteiger partial charge in [-0.1, -0.05) is 25.0 Å². The van der Waals surface area contributed by atoms with E-state index < -0.39 is 5.97 Å². The Kier molecular flexibility index (Phi) is 9.11. The molecule has 1 aromatic carbocycles. The van der Waals surface area contributed by atoms with Crippen LogP contribution in [0.1, 0.15) is 41.6 Å². The van der Waals surface area contributed by atoms with Gasteiger partial charge in [0, 0.05) is 35.8 Å². The molecule has 0 spiro atoms. The number of carbonyl (C=O) groups is 2. The van der Waals surface area contributed by atoms with Crippen molar-refractivity contribution in [3.63, 3.8) is 0 Å². The standard InChI is InChI=1S/C26H30N4O4/c1-34-25(32)18-30-17-22(10-11-24(30)31)29-26(33)21-9-6-8-20(15-21)23-16-28-14-12-19(23)7-4-2-3-5-13-27/h6,8-12,14-17H,2-5,7,13,18,27H2,1H3,(H,29,33). The number of benzene rings is 1. The minimum atomic E-state index is -0.551. The van der Waals surface area contributed by atoms with E-state index in [1.807, 2.05) is 30.5 Å². The molecule has 0 saturated heterocycles. The Morgan fingerprint density at radius 2 is 1.91 bits per heavy atom. The van der Waals surface area contributed by atoms with E-state index in [1.54, 1.807) is 12.3 Å². The number of methoxy groups -OCH3 is 1. The maximum absolute atomic E-state index is 12.9. The quantitative estimate of drug-likeness (QED) is 0.333. The van der Waals surface area contributed by atoms with Crippen molar-refractivity contribution < 1.29 is 14.3 Å². The topological polar surface area (TPSA) is 116 Å². The van der Waals surface area contributed by atoms with Gasteiger partial charge < -0.3 is 20.4 Å². The Labute approximate surface area is 198 Å². The first kappa shape index (κ1) is 24.9. The van der Waals surface area contributed by atoms with E-state index in [4.69, 9.17) is 5.73 Å². The Morgan fingerprint density at radius 1 is 1.09 bits per heavy atom. The number of nitrogens with zero attached hydrogens (tertiary/aromatic N) is 2. The number of aromatic nitrogens is 2. The normalized spacial score (nSPS) is 10.6. The van der Waals surface area contributed by atoms with Crippen molar-refractivity contribution in [2.45, 2.75) is 38.6 Å². The molecule has 8 heteroatoms. The highest BCUT2D eigenvalue weighted by atomic mass is 16.5. The first-order chi connectivity index (χ1) is 16.5. The molecule has 0 aliphatic rings. The summed E-state index contributed by atoms with van der Waals surface area (Å²) in [5, 5.41) is 2.79. The van der Waals surface area contributed by atoms with Crippen LogP contribution in [0.3, 0.4) is 0 Å². The molecule has 2 aromatic heterocycles. The second-order valence-corrected chi connectivity index (χ2v) is 7.98. The summed E-state index contributed by atoms with van der Waals surface area (Å²) < 4.78 is 5.80. The van der Waals surface area contributed by atoms with Gasteiger partial charge in [0.25, 0.3) is 11.5 Å². The summed E-state index contributed by atoms with van der Waals surface area (Å²) in [4.78, 5) is 40.7. The molecule has 8 nitrogen and oxygen atoms in total. The summed E-state index contributed by atoms with van der Waals surface area (Å²) in [6.45, 7) is 0.492. The molecule has 0 radical (unpaired) electrons. The lowest BCUT2D eigenvalue weighted by molar-refractivity contribution is -0.141. The Balaban J connectivity index is 1.75. The number of ether oxygens (including phenoxy) is 1. The highest BCUT2D eigenvalue weighted by molar-refractivity contribution is 6.04. The average molecular weight is 463 g/mol. The first-order valence-corrected chi connectivity index (χ1v) is 11.3. The van der Waals surface area contributed by atoms with Crippen molar-refractivity contribution in [3.05, 3.63) is 82.5 Å². The molecule has 2 heterocycles. The number of pyridine rings is 2. The molecule has 0 saturated carbocycles. The highest BCUT2D eigenvalue weighted by Crippen LogP contribution is 2.25. The zero-order chi connectivity index (χ0) is 24.3. The van der Waals surface area contributed by atoms with Gasteiger partial charge in [0.1, 0.15) is 6.54 Å². The van der Waals surface area contributed by atoms with Crippen molar-refractivity contribution in [1.29, 1.82) is 0 Å². The van der Waals surface area contributed by atoms with Crippen LogP contribution in [0.25, 0.3) is 11.1 Å². The molecule has 1 amide bonds. The minimum absolute atomic E-state index is 0.232. The first-order valence-electron chi connectivity index (χ1n) is 11.3. The summed E-state index contributed by atoms with van der Waals surface area (Å²) in [6, 6.07) is 12.2. The molecule has 0 fully saturated rings. The predicted molar refractivity (Wildman–Crippen MR) is 132 cm³/mol. The number of anilines is 1. The van der Waals surface area contributed by atoms with Crippen LogP contribution in [0.4, 0.5) is 5.69 Å². The van der Waals surface area contributed by atoms with Gasteiger partial charge >= 0.3 is 5.97 Å². The number of amides is 1. The SMILES string of the molecule is COC(=O)Cn1cc(NC(=O)c2cccc(-c3cnccc3CCCCCCN)c2)ccc1=O. The maximum atomic E-state index is 12.9. The maximum Gasteiger partial charge on any atom is 0.325 e. The lowest BCUT2D eigenvalue weighted by Crippen LogP contribution is -2.24. The Morgan fingerprint density at radius 3 is 2.71 bits per heavy atom. The van der Waals surface area contributed by atoms with Gasteiger partial charge in [0.05, 0.1) is 12.8 Å². The molecule has 178 valence electrons. The van der Waals surface area contributed by atoms with Gasteiger partial charge in [-0.25, -0.2) is 0 Å². The van der Waals surface area contributed by atoms with Crippen LogP contribution in [0.15, 0.2) is 65.8 Å². The van der Waals surface area contributed by atoms with Crippen molar-refractivity contribution in [1.82, 2.24) is 9.55 Å². The minimum Gasteiger partial charge on any atom is -0.468 e. The van der Waals surface area contributed by atoms with Gasteiger partial charge in [-0.15, -0.1) is 0 Å². The fraction of sp³-hybridized carbons (Fsp3) is 0.308. The zero-order valence-electron chi connectivity index (χ0n) is 19.3. The number of unbranched alkanes of at least 4 members (excludes halogenated alkanes) is 3. The number of nitrogens with one attached hydrogen (secondary N) is 1. The van der Waals surface area contributed by atoms with Gasteiger partial charge in [0.2, 0.25) is 0 Å². The highest BCUT2D eigenvalue weighted by Gasteiger charge is 2.12. The molecule has 3 N–H and O–H groups in total. The molecular weight excluding hydrogens is 432 g/mol. The smallest absolute Gasteiger partial charge is 0.325 e. The van der Waals surface area contributed by atoms with Crippen molar-refractivity contribution in [2.24, 2.45) is 5.73 Å². The molecule has 3 aromatic rings. The van der Waals surface area contributed by atoms with Crippen LogP contribution >= 0.6 is 0 Å². The van der Waals surface area contributed by atoms with E-state index in [2.05, 4.69) is 15.0 Å². The van der Waals surface area contributed by atoms with Gasteiger partial charge in [-0.05, 0) is 61.2 Å². The van der Waals surface area contributed by atoms with Gasteiger partial charge in [0.15, 0.2) is 0 Å². The summed E-state index contributed by atoms with van der Waals surface area (Å²) >= 11 is 0.